The van der Waals surface area contributed by atoms with E-state index in [9.17, 15) is 33.7 Å². The maximum atomic E-state index is 11.3. The zero-order valence-electron chi connectivity index (χ0n) is 21.3. The van der Waals surface area contributed by atoms with Crippen molar-refractivity contribution in [1.82, 2.24) is 29.9 Å². The summed E-state index contributed by atoms with van der Waals surface area (Å²) in [5.74, 6) is -0.531. The highest BCUT2D eigenvalue weighted by molar-refractivity contribution is 7.87. The number of nitrogens with zero attached hydrogens (tertiary/aromatic N) is 6. The van der Waals surface area contributed by atoms with E-state index in [4.69, 9.17) is 64.6 Å². The van der Waals surface area contributed by atoms with Crippen LogP contribution in [0.3, 0.4) is 0 Å². The molecular formula is C18H12Cl4N8O12S4. The van der Waals surface area contributed by atoms with E-state index in [0.29, 0.717) is 6.07 Å². The fourth-order valence-corrected chi connectivity index (χ4v) is 5.99. The van der Waals surface area contributed by atoms with Crippen molar-refractivity contribution in [3.63, 3.8) is 0 Å². The van der Waals surface area contributed by atoms with Gasteiger partial charge in [0.2, 0.25) is 33.0 Å². The molecule has 0 saturated carbocycles. The number of rotatable bonds is 8. The summed E-state index contributed by atoms with van der Waals surface area (Å²) in [5, 5.41) is 3.59. The Bertz CT molecular complexity index is 2190. The van der Waals surface area contributed by atoms with Gasteiger partial charge in [0.15, 0.2) is 0 Å². The number of hydrogen-bond donors (Lipinski definition) is 6. The molecule has 28 heteroatoms. The van der Waals surface area contributed by atoms with Gasteiger partial charge in [-0.05, 0) is 82.8 Å². The van der Waals surface area contributed by atoms with Gasteiger partial charge in [-0.25, -0.2) is 0 Å². The van der Waals surface area contributed by atoms with Gasteiger partial charge in [0.05, 0.1) is 20.4 Å². The van der Waals surface area contributed by atoms with Crippen molar-refractivity contribution < 1.29 is 51.9 Å². The van der Waals surface area contributed by atoms with E-state index in [2.05, 4.69) is 40.5 Å². The minimum absolute atomic E-state index is 0.175. The third-order valence-electron chi connectivity index (χ3n) is 4.67. The van der Waals surface area contributed by atoms with Crippen LogP contribution >= 0.6 is 46.4 Å². The second kappa shape index (κ2) is 13.9. The van der Waals surface area contributed by atoms with Gasteiger partial charge in [0, 0.05) is 5.69 Å². The number of nitrogens with one attached hydrogen (secondary N) is 2. The van der Waals surface area contributed by atoms with Gasteiger partial charge >= 0.3 is 0 Å². The first-order valence-electron chi connectivity index (χ1n) is 10.8. The molecule has 0 saturated heterocycles. The molecule has 46 heavy (non-hydrogen) atoms. The lowest BCUT2D eigenvalue weighted by atomic mass is 10.3. The molecule has 2 aromatic carbocycles. The van der Waals surface area contributed by atoms with E-state index < -0.39 is 65.7 Å². The Morgan fingerprint density at radius 2 is 0.870 bits per heavy atom. The molecule has 2 heterocycles. The van der Waals surface area contributed by atoms with Crippen LogP contribution in [0.15, 0.2) is 56.0 Å². The standard InChI is InChI=1S/2C9H6Cl2N4O6S2/c10-7-13-8(11)15-9(14-7)12-4-1-5(22(16,17)18)3-6(2-4)23(19,20)21;10-7-13-8(11)15-9(14-7)12-5-3-4(22(16,17)18)1-2-6(5)23(19,20)21/h2*1-3H,(H,16,17,18)(H,19,20,21)(H,12,13,14,15). The minimum atomic E-state index is -4.74. The predicted octanol–water partition coefficient (Wildman–Crippen LogP) is 2.83. The molecule has 0 fully saturated rings. The Balaban J connectivity index is 0.000000250. The summed E-state index contributed by atoms with van der Waals surface area (Å²) >= 11 is 22.3. The SMILES string of the molecule is O=S(=O)(O)c1cc(Nc2nc(Cl)nc(Cl)n2)cc(S(=O)(=O)O)c1.O=S(=O)(O)c1ccc(S(=O)(=O)O)c(Nc2nc(Cl)nc(Cl)n2)c1. The van der Waals surface area contributed by atoms with Crippen molar-refractivity contribution in [2.45, 2.75) is 19.6 Å². The van der Waals surface area contributed by atoms with E-state index in [1.54, 1.807) is 0 Å². The van der Waals surface area contributed by atoms with Crippen LogP contribution in [0.2, 0.25) is 21.1 Å². The first-order valence-corrected chi connectivity index (χ1v) is 18.1. The van der Waals surface area contributed by atoms with Crippen LogP contribution in [-0.4, -0.2) is 81.8 Å². The monoisotopic (exact) mass is 800 g/mol. The molecule has 0 aliphatic heterocycles. The molecule has 0 radical (unpaired) electrons. The second-order valence-electron chi connectivity index (χ2n) is 7.90. The molecule has 4 rings (SSSR count). The van der Waals surface area contributed by atoms with Crippen LogP contribution in [0.25, 0.3) is 0 Å². The molecule has 2 aromatic heterocycles. The zero-order chi connectivity index (χ0) is 34.8. The lowest BCUT2D eigenvalue weighted by Crippen LogP contribution is -2.08. The van der Waals surface area contributed by atoms with Crippen LogP contribution in [0.4, 0.5) is 23.3 Å². The number of hydrogen-bond acceptors (Lipinski definition) is 16. The van der Waals surface area contributed by atoms with Gasteiger partial charge in [-0.2, -0.15) is 63.6 Å². The highest BCUT2D eigenvalue weighted by Gasteiger charge is 2.21. The molecule has 0 amide bonds. The van der Waals surface area contributed by atoms with Gasteiger partial charge in [0.25, 0.3) is 40.5 Å². The summed E-state index contributed by atoms with van der Waals surface area (Å²) < 4.78 is 126. The fraction of sp³-hybridized carbons (Fsp3) is 0. The van der Waals surface area contributed by atoms with Crippen molar-refractivity contribution in [1.29, 1.82) is 0 Å². The first-order chi connectivity index (χ1) is 20.9. The molecule has 248 valence electrons. The number of aromatic nitrogens is 6. The largest absolute Gasteiger partial charge is 0.324 e. The van der Waals surface area contributed by atoms with E-state index >= 15 is 0 Å². The van der Waals surface area contributed by atoms with E-state index in [-0.39, 0.29) is 38.7 Å². The van der Waals surface area contributed by atoms with Gasteiger partial charge in [-0.1, -0.05) is 0 Å². The predicted molar refractivity (Wildman–Crippen MR) is 158 cm³/mol. The van der Waals surface area contributed by atoms with Gasteiger partial charge in [0.1, 0.15) is 4.90 Å². The highest BCUT2D eigenvalue weighted by Crippen LogP contribution is 2.28. The van der Waals surface area contributed by atoms with Crippen LogP contribution in [0.1, 0.15) is 0 Å². The van der Waals surface area contributed by atoms with Gasteiger partial charge in [-0.3, -0.25) is 18.2 Å². The average molecular weight is 802 g/mol. The molecule has 0 aliphatic carbocycles. The van der Waals surface area contributed by atoms with Crippen LogP contribution in [0.5, 0.6) is 0 Å². The summed E-state index contributed by atoms with van der Waals surface area (Å²) in [6.07, 6.45) is 0. The Morgan fingerprint density at radius 1 is 0.478 bits per heavy atom. The summed E-state index contributed by atoms with van der Waals surface area (Å²) in [5.41, 5.74) is -0.605. The normalized spacial score (nSPS) is 12.2. The molecule has 0 atom stereocenters. The smallest absolute Gasteiger partial charge is 0.296 e. The van der Waals surface area contributed by atoms with Crippen molar-refractivity contribution in [3.8, 4) is 0 Å². The summed E-state index contributed by atoms with van der Waals surface area (Å²) in [6.45, 7) is 0. The molecule has 0 unspecified atom stereocenters. The lowest BCUT2D eigenvalue weighted by molar-refractivity contribution is 0.479. The fourth-order valence-electron chi connectivity index (χ4n) is 2.95. The molecular weight excluding hydrogens is 790 g/mol. The molecule has 6 N–H and O–H groups in total. The van der Waals surface area contributed by atoms with Gasteiger partial charge < -0.3 is 10.6 Å². The molecule has 0 spiro atoms. The lowest BCUT2D eigenvalue weighted by Gasteiger charge is -2.10. The van der Waals surface area contributed by atoms with E-state index in [1.165, 1.54) is 0 Å². The van der Waals surface area contributed by atoms with Crippen LogP contribution < -0.4 is 10.6 Å². The maximum absolute atomic E-state index is 11.3. The summed E-state index contributed by atoms with van der Waals surface area (Å²) in [4.78, 5) is 18.6. The third kappa shape index (κ3) is 10.7. The Morgan fingerprint density at radius 3 is 1.24 bits per heavy atom. The quantitative estimate of drug-likeness (QED) is 0.139. The summed E-state index contributed by atoms with van der Waals surface area (Å²) in [6, 6.07) is 4.65. The minimum Gasteiger partial charge on any atom is -0.324 e. The van der Waals surface area contributed by atoms with Crippen LogP contribution in [0, 0.1) is 0 Å². The molecule has 0 bridgehead atoms. The van der Waals surface area contributed by atoms with E-state index in [1.807, 2.05) is 0 Å². The Labute approximate surface area is 278 Å². The second-order valence-corrected chi connectivity index (χ2v) is 14.9. The zero-order valence-corrected chi connectivity index (χ0v) is 27.6. The van der Waals surface area contributed by atoms with Gasteiger partial charge in [-0.15, -0.1) is 0 Å². The Hall–Kier alpha value is -3.14. The van der Waals surface area contributed by atoms with Crippen molar-refractivity contribution in [2.75, 3.05) is 10.6 Å². The van der Waals surface area contributed by atoms with Crippen molar-refractivity contribution in [2.24, 2.45) is 0 Å². The molecule has 4 aromatic rings. The van der Waals surface area contributed by atoms with Crippen molar-refractivity contribution in [3.05, 3.63) is 57.5 Å². The first kappa shape index (κ1) is 37.3. The highest BCUT2D eigenvalue weighted by atomic mass is 35.5. The number of benzene rings is 2. The van der Waals surface area contributed by atoms with Crippen molar-refractivity contribution >= 4 is 110 Å². The summed E-state index contributed by atoms with van der Waals surface area (Å²) in [7, 11) is -18.8. The number of halogens is 4. The third-order valence-corrected chi connectivity index (χ3v) is 8.77. The average Bonchev–Trinajstić information content (AvgIpc) is 2.85. The molecule has 0 aliphatic rings. The molecule has 20 nitrogen and oxygen atoms in total. The maximum Gasteiger partial charge on any atom is 0.296 e. The van der Waals surface area contributed by atoms with E-state index in [0.717, 1.165) is 30.3 Å². The number of anilines is 4. The topological polar surface area (TPSA) is 319 Å². The van der Waals surface area contributed by atoms with Crippen LogP contribution in [-0.2, 0) is 40.5 Å². The Kier molecular flexibility index (Phi) is 11.3.